The van der Waals surface area contributed by atoms with E-state index in [-0.39, 0.29) is 6.61 Å². The van der Waals surface area contributed by atoms with Gasteiger partial charge in [-0.3, -0.25) is 4.79 Å². The van der Waals surface area contributed by atoms with Crippen molar-refractivity contribution in [1.29, 1.82) is 0 Å². The van der Waals surface area contributed by atoms with Gasteiger partial charge in [-0.05, 0) is 32.1 Å². The zero-order valence-corrected chi connectivity index (χ0v) is 20.7. The number of carbonyl (C=O) groups is 2. The van der Waals surface area contributed by atoms with Crippen LogP contribution < -0.4 is 0 Å². The lowest BCUT2D eigenvalue weighted by Gasteiger charge is -2.26. The average Bonchev–Trinajstić information content (AvgIpc) is 2.82. The molecular weight excluding hydrogens is 424 g/mol. The van der Waals surface area contributed by atoms with Crippen molar-refractivity contribution >= 4 is 11.9 Å². The lowest BCUT2D eigenvalue weighted by Crippen LogP contribution is -2.39. The van der Waals surface area contributed by atoms with E-state index in [2.05, 4.69) is 30.4 Å². The molecule has 0 bridgehead atoms. The zero-order chi connectivity index (χ0) is 25.2. The normalized spacial score (nSPS) is 11.2. The third-order valence-corrected chi connectivity index (χ3v) is 5.35. The van der Waals surface area contributed by atoms with Crippen molar-refractivity contribution < 1.29 is 34.8 Å². The molecule has 0 radical (unpaired) electrons. The number of rotatable bonds is 21. The Bertz CT molecular complexity index is 491. The molecule has 33 heavy (non-hydrogen) atoms. The van der Waals surface area contributed by atoms with Crippen LogP contribution in [0, 0.1) is 5.41 Å². The summed E-state index contributed by atoms with van der Waals surface area (Å²) < 4.78 is 4.59. The molecule has 7 nitrogen and oxygen atoms in total. The van der Waals surface area contributed by atoms with E-state index in [9.17, 15) is 9.59 Å². The molecule has 4 N–H and O–H groups in total. The molecule has 0 aliphatic heterocycles. The Morgan fingerprint density at radius 1 is 0.788 bits per heavy atom. The molecule has 0 amide bonds. The Balaban J connectivity index is 0. The summed E-state index contributed by atoms with van der Waals surface area (Å²) in [5.74, 6) is -1.32. The first-order valence-corrected chi connectivity index (χ1v) is 12.4. The summed E-state index contributed by atoms with van der Waals surface area (Å²) in [4.78, 5) is 20.9. The molecule has 0 aromatic carbocycles. The number of aliphatic hydroxyl groups is 3. The molecule has 0 saturated carbocycles. The Morgan fingerprint density at radius 2 is 1.24 bits per heavy atom. The van der Waals surface area contributed by atoms with E-state index in [1.165, 1.54) is 70.6 Å². The number of carboxylic acids is 1. The van der Waals surface area contributed by atoms with Gasteiger partial charge in [-0.25, -0.2) is 4.79 Å². The number of esters is 1. The first-order valence-electron chi connectivity index (χ1n) is 12.4. The molecule has 0 unspecified atom stereocenters. The lowest BCUT2D eigenvalue weighted by molar-refractivity contribution is -0.145. The fourth-order valence-electron chi connectivity index (χ4n) is 2.92. The summed E-state index contributed by atoms with van der Waals surface area (Å²) in [5.41, 5.74) is -1.17. The highest BCUT2D eigenvalue weighted by molar-refractivity contribution is 5.81. The standard InChI is InChI=1S/C18H34O2.C8H14O5/c1-2-3-4-5-6-7-8-9-10-11-12-13-14-15-16-17-18(19)20;1-2-7(12)13-6-8(3-9,4-10)5-11/h9-10H,2-8,11-17H2,1H3,(H,19,20);2,9-11H,1,3-6H2/b10-9-;. The van der Waals surface area contributed by atoms with Crippen LogP contribution in [0.1, 0.15) is 96.8 Å². The molecule has 0 aliphatic rings. The van der Waals surface area contributed by atoms with Crippen LogP contribution in [0.15, 0.2) is 24.8 Å². The van der Waals surface area contributed by atoms with Crippen LogP contribution in [0.3, 0.4) is 0 Å². The van der Waals surface area contributed by atoms with Crippen LogP contribution >= 0.6 is 0 Å². The van der Waals surface area contributed by atoms with Crippen molar-refractivity contribution in [3.05, 3.63) is 24.8 Å². The average molecular weight is 473 g/mol. The minimum absolute atomic E-state index is 0.235. The number of carboxylic acid groups (broad SMARTS) is 1. The minimum atomic E-state index is -1.17. The Kier molecular flexibility index (Phi) is 25.3. The highest BCUT2D eigenvalue weighted by Gasteiger charge is 2.29. The van der Waals surface area contributed by atoms with Gasteiger partial charge in [0.1, 0.15) is 6.61 Å². The van der Waals surface area contributed by atoms with Crippen LogP contribution in [-0.2, 0) is 14.3 Å². The Hall–Kier alpha value is -1.70. The molecule has 0 heterocycles. The summed E-state index contributed by atoms with van der Waals surface area (Å²) in [5, 5.41) is 35.0. The highest BCUT2D eigenvalue weighted by atomic mass is 16.5. The van der Waals surface area contributed by atoms with Gasteiger partial charge in [0.15, 0.2) is 0 Å². The third-order valence-electron chi connectivity index (χ3n) is 5.35. The van der Waals surface area contributed by atoms with Crippen molar-refractivity contribution in [1.82, 2.24) is 0 Å². The number of carbonyl (C=O) groups excluding carboxylic acids is 1. The second-order valence-corrected chi connectivity index (χ2v) is 8.51. The van der Waals surface area contributed by atoms with Crippen molar-refractivity contribution in [2.45, 2.75) is 96.8 Å². The molecule has 0 aromatic rings. The first-order chi connectivity index (χ1) is 15.9. The largest absolute Gasteiger partial charge is 0.481 e. The van der Waals surface area contributed by atoms with E-state index in [1.807, 2.05) is 0 Å². The zero-order valence-electron chi connectivity index (χ0n) is 20.7. The molecule has 0 saturated heterocycles. The monoisotopic (exact) mass is 472 g/mol. The van der Waals surface area contributed by atoms with Crippen LogP contribution in [0.5, 0.6) is 0 Å². The van der Waals surface area contributed by atoms with Crippen LogP contribution in [0.4, 0.5) is 0 Å². The summed E-state index contributed by atoms with van der Waals surface area (Å²) in [6.45, 7) is 3.84. The maximum atomic E-state index is 10.6. The van der Waals surface area contributed by atoms with E-state index >= 15 is 0 Å². The number of allylic oxidation sites excluding steroid dienone is 2. The van der Waals surface area contributed by atoms with Gasteiger partial charge in [-0.2, -0.15) is 0 Å². The van der Waals surface area contributed by atoms with Crippen LogP contribution in [0.25, 0.3) is 0 Å². The van der Waals surface area contributed by atoms with E-state index in [1.54, 1.807) is 0 Å². The second kappa shape index (κ2) is 24.9. The molecule has 0 fully saturated rings. The molecular formula is C26H48O7. The Morgan fingerprint density at radius 3 is 1.67 bits per heavy atom. The number of hydrogen-bond acceptors (Lipinski definition) is 6. The number of aliphatic hydroxyl groups excluding tert-OH is 3. The van der Waals surface area contributed by atoms with E-state index in [0.29, 0.717) is 6.42 Å². The predicted octanol–water partition coefficient (Wildman–Crippen LogP) is 4.79. The molecule has 0 aliphatic carbocycles. The number of ether oxygens (including phenoxy) is 1. The lowest BCUT2D eigenvalue weighted by atomic mass is 9.93. The predicted molar refractivity (Wildman–Crippen MR) is 132 cm³/mol. The summed E-state index contributed by atoms with van der Waals surface area (Å²) >= 11 is 0. The quantitative estimate of drug-likeness (QED) is 0.0819. The molecule has 7 heteroatoms. The molecule has 0 rings (SSSR count). The van der Waals surface area contributed by atoms with Gasteiger partial charge in [0.2, 0.25) is 0 Å². The van der Waals surface area contributed by atoms with Gasteiger partial charge >= 0.3 is 11.9 Å². The summed E-state index contributed by atoms with van der Waals surface area (Å²) in [7, 11) is 0. The Labute approximate surface area is 200 Å². The number of hydrogen-bond donors (Lipinski definition) is 4. The topological polar surface area (TPSA) is 124 Å². The van der Waals surface area contributed by atoms with E-state index in [4.69, 9.17) is 20.4 Å². The molecule has 194 valence electrons. The molecule has 0 aromatic heterocycles. The smallest absolute Gasteiger partial charge is 0.330 e. The molecule has 0 atom stereocenters. The van der Waals surface area contributed by atoms with E-state index in [0.717, 1.165) is 18.9 Å². The maximum absolute atomic E-state index is 10.6. The highest BCUT2D eigenvalue weighted by Crippen LogP contribution is 2.15. The van der Waals surface area contributed by atoms with Gasteiger partial charge in [-0.1, -0.05) is 77.0 Å². The van der Waals surface area contributed by atoms with E-state index < -0.39 is 37.2 Å². The fraction of sp³-hybridized carbons (Fsp3) is 0.769. The van der Waals surface area contributed by atoms with Crippen molar-refractivity contribution in [2.24, 2.45) is 5.41 Å². The fourth-order valence-corrected chi connectivity index (χ4v) is 2.92. The summed E-state index contributed by atoms with van der Waals surface area (Å²) in [6.07, 6.45) is 22.2. The SMILES string of the molecule is C=CC(=O)OCC(CO)(CO)CO.CCCCCCCC/C=C\CCCCCCCC(=O)O. The minimum Gasteiger partial charge on any atom is -0.481 e. The van der Waals surface area contributed by atoms with Gasteiger partial charge in [0.05, 0.1) is 25.2 Å². The van der Waals surface area contributed by atoms with Gasteiger partial charge in [0.25, 0.3) is 0 Å². The van der Waals surface area contributed by atoms with Crippen molar-refractivity contribution in [3.63, 3.8) is 0 Å². The van der Waals surface area contributed by atoms with Gasteiger partial charge in [0, 0.05) is 12.5 Å². The van der Waals surface area contributed by atoms with Gasteiger partial charge < -0.3 is 25.2 Å². The van der Waals surface area contributed by atoms with Crippen molar-refractivity contribution in [2.75, 3.05) is 26.4 Å². The summed E-state index contributed by atoms with van der Waals surface area (Å²) in [6, 6.07) is 0. The third kappa shape index (κ3) is 23.3. The van der Waals surface area contributed by atoms with Crippen LogP contribution in [0.2, 0.25) is 0 Å². The first kappa shape index (κ1) is 33.5. The van der Waals surface area contributed by atoms with Crippen LogP contribution in [-0.4, -0.2) is 58.8 Å². The number of unbranched alkanes of at least 4 members (excludes halogenated alkanes) is 11. The number of aliphatic carboxylic acids is 1. The second-order valence-electron chi connectivity index (χ2n) is 8.51. The molecule has 0 spiro atoms. The maximum Gasteiger partial charge on any atom is 0.330 e. The van der Waals surface area contributed by atoms with Gasteiger partial charge in [-0.15, -0.1) is 0 Å². The van der Waals surface area contributed by atoms with Crippen molar-refractivity contribution in [3.8, 4) is 0 Å².